The molecule has 25 heavy (non-hydrogen) atoms. The summed E-state index contributed by atoms with van der Waals surface area (Å²) < 4.78 is 29.6. The van der Waals surface area contributed by atoms with Crippen molar-refractivity contribution in [3.63, 3.8) is 0 Å². The van der Waals surface area contributed by atoms with E-state index in [1.165, 1.54) is 62.8 Å². The third-order valence-electron chi connectivity index (χ3n) is 4.24. The fourth-order valence-corrected chi connectivity index (χ4v) is 4.79. The smallest absolute Gasteiger partial charge is 0.266 e. The van der Waals surface area contributed by atoms with Gasteiger partial charge < -0.3 is 0 Å². The summed E-state index contributed by atoms with van der Waals surface area (Å²) in [6.45, 7) is 4.69. The monoisotopic (exact) mass is 386 g/mol. The van der Waals surface area contributed by atoms with Crippen LogP contribution < -0.4 is 5.30 Å². The van der Waals surface area contributed by atoms with Crippen LogP contribution in [0.25, 0.3) is 0 Å². The van der Waals surface area contributed by atoms with Gasteiger partial charge in [0.2, 0.25) is 0 Å². The Morgan fingerprint density at radius 1 is 0.800 bits per heavy atom. The zero-order valence-electron chi connectivity index (χ0n) is 15.9. The van der Waals surface area contributed by atoms with Crippen molar-refractivity contribution in [2.45, 2.75) is 83.0 Å². The summed E-state index contributed by atoms with van der Waals surface area (Å²) in [5, 5.41) is 1.22. The van der Waals surface area contributed by atoms with E-state index < -0.39 is 10.1 Å². The molecule has 1 aromatic carbocycles. The highest BCUT2D eigenvalue weighted by Crippen LogP contribution is 2.17. The van der Waals surface area contributed by atoms with Crippen molar-refractivity contribution < 1.29 is 12.6 Å². The molecular formula is C20H35O3PS. The lowest BCUT2D eigenvalue weighted by atomic mass is 10.1. The largest absolute Gasteiger partial charge is 0.296 e. The van der Waals surface area contributed by atoms with E-state index in [1.807, 2.05) is 12.1 Å². The Morgan fingerprint density at radius 3 is 1.96 bits per heavy atom. The molecule has 0 radical (unpaired) electrons. The molecule has 1 unspecified atom stereocenters. The number of hydrogen-bond donors (Lipinski definition) is 0. The van der Waals surface area contributed by atoms with Crippen LogP contribution >= 0.6 is 8.58 Å². The van der Waals surface area contributed by atoms with Gasteiger partial charge in [0.25, 0.3) is 10.1 Å². The summed E-state index contributed by atoms with van der Waals surface area (Å²) in [5.41, 5.74) is 0. The van der Waals surface area contributed by atoms with Gasteiger partial charge in [-0.05, 0) is 36.4 Å². The molecule has 0 fully saturated rings. The molecule has 0 aliphatic carbocycles. The number of hydrogen-bond acceptors (Lipinski definition) is 3. The van der Waals surface area contributed by atoms with E-state index in [1.54, 1.807) is 12.1 Å². The summed E-state index contributed by atoms with van der Waals surface area (Å²) in [4.78, 5) is 0.274. The summed E-state index contributed by atoms with van der Waals surface area (Å²) in [6.07, 6.45) is 13.1. The van der Waals surface area contributed by atoms with E-state index in [4.69, 9.17) is 4.18 Å². The molecular weight excluding hydrogens is 351 g/mol. The lowest BCUT2D eigenvalue weighted by molar-refractivity contribution is 0.306. The van der Waals surface area contributed by atoms with Gasteiger partial charge in [-0.3, -0.25) is 4.18 Å². The van der Waals surface area contributed by atoms with Crippen molar-refractivity contribution in [3.05, 3.63) is 24.3 Å². The van der Waals surface area contributed by atoms with E-state index in [-0.39, 0.29) is 11.5 Å². The van der Waals surface area contributed by atoms with Gasteiger partial charge in [-0.2, -0.15) is 8.42 Å². The molecule has 0 amide bonds. The molecule has 0 spiro atoms. The summed E-state index contributed by atoms with van der Waals surface area (Å²) in [5.74, 6) is 0. The van der Waals surface area contributed by atoms with Crippen molar-refractivity contribution in [2.24, 2.45) is 0 Å². The first-order chi connectivity index (χ1) is 12.1. The van der Waals surface area contributed by atoms with Gasteiger partial charge in [0.15, 0.2) is 0 Å². The van der Waals surface area contributed by atoms with Gasteiger partial charge >= 0.3 is 0 Å². The maximum atomic E-state index is 12.2. The molecule has 1 rings (SSSR count). The second-order valence-corrected chi connectivity index (χ2v) is 9.60. The normalized spacial score (nSPS) is 12.2. The highest BCUT2D eigenvalue weighted by molar-refractivity contribution is 7.86. The molecule has 5 heteroatoms. The van der Waals surface area contributed by atoms with E-state index in [9.17, 15) is 8.42 Å². The third-order valence-corrected chi connectivity index (χ3v) is 6.91. The predicted molar refractivity (Wildman–Crippen MR) is 110 cm³/mol. The molecule has 0 N–H and O–H groups in total. The van der Waals surface area contributed by atoms with Crippen LogP contribution in [-0.4, -0.2) is 21.2 Å². The van der Waals surface area contributed by atoms with Crippen LogP contribution in [0, 0.1) is 0 Å². The van der Waals surface area contributed by atoms with Crippen molar-refractivity contribution in [2.75, 3.05) is 12.8 Å². The first-order valence-electron chi connectivity index (χ1n) is 9.83. The molecule has 0 aliphatic heterocycles. The Hall–Kier alpha value is -0.440. The fraction of sp³-hybridized carbons (Fsp3) is 0.700. The van der Waals surface area contributed by atoms with Gasteiger partial charge in [0.1, 0.15) is 0 Å². The van der Waals surface area contributed by atoms with E-state index >= 15 is 0 Å². The molecule has 3 nitrogen and oxygen atoms in total. The molecule has 0 saturated carbocycles. The Morgan fingerprint density at radius 2 is 1.36 bits per heavy atom. The highest BCUT2D eigenvalue weighted by atomic mass is 32.2. The average molecular weight is 387 g/mol. The minimum atomic E-state index is -3.60. The Balaban J connectivity index is 2.24. The van der Waals surface area contributed by atoms with Crippen molar-refractivity contribution in [1.29, 1.82) is 0 Å². The van der Waals surface area contributed by atoms with Gasteiger partial charge in [-0.1, -0.05) is 85.9 Å². The lowest BCUT2D eigenvalue weighted by Gasteiger charge is -2.07. The topological polar surface area (TPSA) is 43.4 Å². The fourth-order valence-electron chi connectivity index (χ4n) is 2.62. The molecule has 0 heterocycles. The lowest BCUT2D eigenvalue weighted by Crippen LogP contribution is -2.09. The summed E-state index contributed by atoms with van der Waals surface area (Å²) in [6, 6.07) is 7.19. The first kappa shape index (κ1) is 22.6. The summed E-state index contributed by atoms with van der Waals surface area (Å²) >= 11 is 0. The van der Waals surface area contributed by atoms with Crippen LogP contribution in [-0.2, 0) is 14.3 Å². The van der Waals surface area contributed by atoms with Crippen LogP contribution in [0.3, 0.4) is 0 Å². The van der Waals surface area contributed by atoms with Crippen LogP contribution in [0.2, 0.25) is 0 Å². The van der Waals surface area contributed by atoms with Gasteiger partial charge in [0.05, 0.1) is 11.5 Å². The Bertz CT molecular complexity index is 541. The molecule has 0 aromatic heterocycles. The van der Waals surface area contributed by atoms with Crippen molar-refractivity contribution >= 4 is 24.0 Å². The Labute approximate surface area is 156 Å². The maximum Gasteiger partial charge on any atom is 0.296 e. The van der Waals surface area contributed by atoms with Gasteiger partial charge in [-0.25, -0.2) is 0 Å². The van der Waals surface area contributed by atoms with Gasteiger partial charge in [0, 0.05) is 0 Å². The standard InChI is InChI=1S/C20H35O3PS/c1-3-5-7-8-9-10-11-12-17-23-25(21,22)20-15-13-19(14-16-20)24-18-6-4-2/h13-16,24H,3-12,17-18H2,1-2H3. The number of benzene rings is 1. The molecule has 0 aliphatic rings. The van der Waals surface area contributed by atoms with E-state index in [2.05, 4.69) is 13.8 Å². The van der Waals surface area contributed by atoms with Gasteiger partial charge in [-0.15, -0.1) is 0 Å². The van der Waals surface area contributed by atoms with Crippen LogP contribution in [0.4, 0.5) is 0 Å². The summed E-state index contributed by atoms with van der Waals surface area (Å²) in [7, 11) is -2.85. The quantitative estimate of drug-likeness (QED) is 0.223. The number of unbranched alkanes of at least 4 members (excludes halogenated alkanes) is 8. The second kappa shape index (κ2) is 13.7. The zero-order chi connectivity index (χ0) is 18.4. The van der Waals surface area contributed by atoms with E-state index in [0.717, 1.165) is 21.4 Å². The minimum Gasteiger partial charge on any atom is -0.266 e. The minimum absolute atomic E-state index is 0.274. The molecule has 0 saturated heterocycles. The van der Waals surface area contributed by atoms with Crippen LogP contribution in [0.5, 0.6) is 0 Å². The second-order valence-electron chi connectivity index (χ2n) is 6.56. The SMILES string of the molecule is CCCCCCCCCCOS(=O)(=O)c1ccc(PCCCC)cc1. The molecule has 1 atom stereocenters. The molecule has 0 bridgehead atoms. The zero-order valence-corrected chi connectivity index (χ0v) is 17.7. The maximum absolute atomic E-state index is 12.2. The number of rotatable bonds is 15. The molecule has 1 aromatic rings. The van der Waals surface area contributed by atoms with Crippen molar-refractivity contribution in [1.82, 2.24) is 0 Å². The third kappa shape index (κ3) is 10.3. The Kier molecular flexibility index (Phi) is 12.4. The first-order valence-corrected chi connectivity index (χ1v) is 12.4. The highest BCUT2D eigenvalue weighted by Gasteiger charge is 2.14. The molecule has 144 valence electrons. The predicted octanol–water partition coefficient (Wildman–Crippen LogP) is 5.64. The van der Waals surface area contributed by atoms with Crippen LogP contribution in [0.15, 0.2) is 29.2 Å². The van der Waals surface area contributed by atoms with E-state index in [0.29, 0.717) is 0 Å². The van der Waals surface area contributed by atoms with Crippen molar-refractivity contribution in [3.8, 4) is 0 Å². The average Bonchev–Trinajstić information content (AvgIpc) is 2.61. The van der Waals surface area contributed by atoms with Crippen LogP contribution in [0.1, 0.15) is 78.1 Å².